The lowest BCUT2D eigenvalue weighted by Crippen LogP contribution is -2.20. The smallest absolute Gasteiger partial charge is 0.237 e. The van der Waals surface area contributed by atoms with Crippen LogP contribution in [0.25, 0.3) is 0 Å². The van der Waals surface area contributed by atoms with E-state index in [-0.39, 0.29) is 11.8 Å². The molecular weight excluding hydrogens is 270 g/mol. The summed E-state index contributed by atoms with van der Waals surface area (Å²) in [6.45, 7) is 7.80. The highest BCUT2D eigenvalue weighted by atomic mass is 16.5. The van der Waals surface area contributed by atoms with Crippen molar-refractivity contribution in [3.63, 3.8) is 0 Å². The van der Waals surface area contributed by atoms with Gasteiger partial charge in [-0.1, -0.05) is 5.16 Å². The molecule has 2 heterocycles. The van der Waals surface area contributed by atoms with Gasteiger partial charge in [-0.3, -0.25) is 4.79 Å². The molecule has 6 nitrogen and oxygen atoms in total. The topological polar surface area (TPSA) is 77.2 Å². The van der Waals surface area contributed by atoms with E-state index in [9.17, 15) is 4.79 Å². The molecule has 6 heteroatoms. The molecule has 0 aromatic carbocycles. The Bertz CT molecular complexity index is 617. The van der Waals surface area contributed by atoms with Gasteiger partial charge >= 0.3 is 0 Å². The Labute approximate surface area is 123 Å². The summed E-state index contributed by atoms with van der Waals surface area (Å²) >= 11 is 0. The van der Waals surface area contributed by atoms with E-state index < -0.39 is 0 Å². The highest BCUT2D eigenvalue weighted by molar-refractivity contribution is 5.96. The molecule has 1 amide bonds. The second kappa shape index (κ2) is 6.39. The van der Waals surface area contributed by atoms with Crippen LogP contribution in [-0.2, 0) is 4.79 Å². The molecule has 0 aliphatic rings. The lowest BCUT2D eigenvalue weighted by Gasteiger charge is -2.14. The molecule has 1 N–H and O–H groups in total. The first-order valence-electron chi connectivity index (χ1n) is 6.86. The third kappa shape index (κ3) is 3.21. The van der Waals surface area contributed by atoms with E-state index in [4.69, 9.17) is 9.26 Å². The van der Waals surface area contributed by atoms with E-state index in [1.807, 2.05) is 20.8 Å². The minimum Gasteiger partial charge on any atom is -0.476 e. The number of aryl methyl sites for hydroxylation is 2. The summed E-state index contributed by atoms with van der Waals surface area (Å²) in [5, 5.41) is 6.72. The molecule has 1 unspecified atom stereocenters. The molecule has 2 aromatic rings. The number of ether oxygens (including phenoxy) is 1. The molecule has 0 saturated carbocycles. The predicted molar refractivity (Wildman–Crippen MR) is 78.4 cm³/mol. The second-order valence-corrected chi connectivity index (χ2v) is 4.74. The van der Waals surface area contributed by atoms with Crippen molar-refractivity contribution in [1.82, 2.24) is 10.1 Å². The van der Waals surface area contributed by atoms with Crippen LogP contribution >= 0.6 is 0 Å². The minimum atomic E-state index is -0.370. The highest BCUT2D eigenvalue weighted by Crippen LogP contribution is 2.26. The zero-order chi connectivity index (χ0) is 15.4. The van der Waals surface area contributed by atoms with Gasteiger partial charge in [-0.25, -0.2) is 4.98 Å². The van der Waals surface area contributed by atoms with Crippen LogP contribution in [0.1, 0.15) is 36.8 Å². The van der Waals surface area contributed by atoms with Crippen LogP contribution in [0.3, 0.4) is 0 Å². The van der Waals surface area contributed by atoms with Crippen LogP contribution in [0.5, 0.6) is 5.88 Å². The maximum atomic E-state index is 12.4. The van der Waals surface area contributed by atoms with Crippen molar-refractivity contribution in [2.75, 3.05) is 11.9 Å². The van der Waals surface area contributed by atoms with Crippen LogP contribution < -0.4 is 10.1 Å². The monoisotopic (exact) mass is 289 g/mol. The minimum absolute atomic E-state index is 0.154. The van der Waals surface area contributed by atoms with Crippen LogP contribution in [0, 0.1) is 13.8 Å². The quantitative estimate of drug-likeness (QED) is 0.915. The van der Waals surface area contributed by atoms with Crippen molar-refractivity contribution in [3.8, 4) is 5.88 Å². The van der Waals surface area contributed by atoms with Crippen molar-refractivity contribution >= 4 is 11.6 Å². The number of hydrogen-bond acceptors (Lipinski definition) is 5. The first-order chi connectivity index (χ1) is 10.0. The van der Waals surface area contributed by atoms with Crippen molar-refractivity contribution < 1.29 is 14.1 Å². The number of aromatic nitrogens is 2. The summed E-state index contributed by atoms with van der Waals surface area (Å²) in [4.78, 5) is 16.5. The van der Waals surface area contributed by atoms with E-state index in [0.717, 1.165) is 11.3 Å². The van der Waals surface area contributed by atoms with Crippen LogP contribution in [0.4, 0.5) is 5.69 Å². The van der Waals surface area contributed by atoms with E-state index >= 15 is 0 Å². The van der Waals surface area contributed by atoms with E-state index in [1.165, 1.54) is 0 Å². The number of pyridine rings is 1. The molecule has 2 rings (SSSR count). The summed E-state index contributed by atoms with van der Waals surface area (Å²) in [5.74, 6) is 0.551. The molecule has 112 valence electrons. The number of nitrogens with zero attached hydrogens (tertiary/aromatic N) is 2. The third-order valence-electron chi connectivity index (χ3n) is 3.22. The van der Waals surface area contributed by atoms with Gasteiger partial charge in [0.1, 0.15) is 11.4 Å². The van der Waals surface area contributed by atoms with Crippen molar-refractivity contribution in [1.29, 1.82) is 0 Å². The van der Waals surface area contributed by atoms with Gasteiger partial charge in [0.05, 0.1) is 18.2 Å². The second-order valence-electron chi connectivity index (χ2n) is 4.74. The molecule has 0 fully saturated rings. The molecule has 0 bridgehead atoms. The fourth-order valence-corrected chi connectivity index (χ4v) is 2.22. The van der Waals surface area contributed by atoms with Gasteiger partial charge in [-0.2, -0.15) is 0 Å². The lowest BCUT2D eigenvalue weighted by atomic mass is 9.98. The molecule has 1 atom stereocenters. The first-order valence-corrected chi connectivity index (χ1v) is 6.86. The fourth-order valence-electron chi connectivity index (χ4n) is 2.22. The van der Waals surface area contributed by atoms with Crippen LogP contribution in [0.15, 0.2) is 22.9 Å². The lowest BCUT2D eigenvalue weighted by molar-refractivity contribution is -0.117. The van der Waals surface area contributed by atoms with Crippen molar-refractivity contribution in [2.24, 2.45) is 0 Å². The Morgan fingerprint density at radius 3 is 2.86 bits per heavy atom. The molecule has 0 aliphatic carbocycles. The molecule has 0 spiro atoms. The van der Waals surface area contributed by atoms with Crippen LogP contribution in [-0.4, -0.2) is 22.7 Å². The van der Waals surface area contributed by atoms with E-state index in [1.54, 1.807) is 25.3 Å². The summed E-state index contributed by atoms with van der Waals surface area (Å²) in [5.41, 5.74) is 2.10. The zero-order valence-electron chi connectivity index (χ0n) is 12.6. The van der Waals surface area contributed by atoms with Gasteiger partial charge in [0.15, 0.2) is 0 Å². The van der Waals surface area contributed by atoms with E-state index in [0.29, 0.717) is 23.9 Å². The van der Waals surface area contributed by atoms with Gasteiger partial charge < -0.3 is 14.6 Å². The van der Waals surface area contributed by atoms with Gasteiger partial charge in [0.2, 0.25) is 11.8 Å². The van der Waals surface area contributed by atoms with Crippen molar-refractivity contribution in [3.05, 3.63) is 35.3 Å². The SMILES string of the molecule is CCOc1ncccc1NC(=O)C(C)c1c(C)noc1C. The molecule has 2 aromatic heterocycles. The largest absolute Gasteiger partial charge is 0.476 e. The molecule has 0 radical (unpaired) electrons. The molecule has 0 saturated heterocycles. The summed E-state index contributed by atoms with van der Waals surface area (Å²) in [7, 11) is 0. The van der Waals surface area contributed by atoms with Gasteiger partial charge in [0.25, 0.3) is 0 Å². The number of rotatable bonds is 5. The average molecular weight is 289 g/mol. The number of amides is 1. The summed E-state index contributed by atoms with van der Waals surface area (Å²) in [6, 6.07) is 3.51. The number of carbonyl (C=O) groups is 1. The van der Waals surface area contributed by atoms with Crippen LogP contribution in [0.2, 0.25) is 0 Å². The molecular formula is C15H19N3O3. The first kappa shape index (κ1) is 15.0. The number of carbonyl (C=O) groups excluding carboxylic acids is 1. The molecule has 21 heavy (non-hydrogen) atoms. The Balaban J connectivity index is 2.18. The number of hydrogen-bond donors (Lipinski definition) is 1. The zero-order valence-corrected chi connectivity index (χ0v) is 12.6. The van der Waals surface area contributed by atoms with Gasteiger partial charge in [-0.05, 0) is 39.8 Å². The number of anilines is 1. The predicted octanol–water partition coefficient (Wildman–Crippen LogP) is 2.83. The molecule has 0 aliphatic heterocycles. The van der Waals surface area contributed by atoms with Crippen molar-refractivity contribution in [2.45, 2.75) is 33.6 Å². The Hall–Kier alpha value is -2.37. The third-order valence-corrected chi connectivity index (χ3v) is 3.22. The highest BCUT2D eigenvalue weighted by Gasteiger charge is 2.23. The van der Waals surface area contributed by atoms with E-state index in [2.05, 4.69) is 15.5 Å². The normalized spacial score (nSPS) is 12.0. The maximum absolute atomic E-state index is 12.4. The van der Waals surface area contributed by atoms with Gasteiger partial charge in [0, 0.05) is 11.8 Å². The number of nitrogens with one attached hydrogen (secondary N) is 1. The Morgan fingerprint density at radius 1 is 1.48 bits per heavy atom. The average Bonchev–Trinajstić information content (AvgIpc) is 2.80. The summed E-state index contributed by atoms with van der Waals surface area (Å²) in [6.07, 6.45) is 1.62. The Kier molecular flexibility index (Phi) is 4.57. The maximum Gasteiger partial charge on any atom is 0.237 e. The standard InChI is InChI=1S/C15H19N3O3/c1-5-20-15-12(7-6-8-16-15)17-14(19)9(2)13-10(3)18-21-11(13)4/h6-9H,5H2,1-4H3,(H,17,19). The summed E-state index contributed by atoms with van der Waals surface area (Å²) < 4.78 is 10.5. The fraction of sp³-hybridized carbons (Fsp3) is 0.400. The van der Waals surface area contributed by atoms with Gasteiger partial charge in [-0.15, -0.1) is 0 Å². The Morgan fingerprint density at radius 2 is 2.24 bits per heavy atom.